The van der Waals surface area contributed by atoms with Crippen LogP contribution >= 0.6 is 11.3 Å². The predicted octanol–water partition coefficient (Wildman–Crippen LogP) is 1.36. The van der Waals surface area contributed by atoms with Gasteiger partial charge in [0.2, 0.25) is 11.8 Å². The van der Waals surface area contributed by atoms with Crippen molar-refractivity contribution < 1.29 is 18.0 Å². The van der Waals surface area contributed by atoms with Crippen molar-refractivity contribution in [2.75, 3.05) is 23.1 Å². The number of anilines is 2. The summed E-state index contributed by atoms with van der Waals surface area (Å²) < 4.78 is 26.8. The van der Waals surface area contributed by atoms with Crippen LogP contribution in [0.2, 0.25) is 0 Å². The van der Waals surface area contributed by atoms with E-state index in [4.69, 9.17) is 0 Å². The second-order valence-electron chi connectivity index (χ2n) is 5.58. The minimum atomic E-state index is -3.71. The van der Waals surface area contributed by atoms with E-state index in [-0.39, 0.29) is 27.8 Å². The number of carbonyl (C=O) groups excluding carboxylic acids is 2. The van der Waals surface area contributed by atoms with Gasteiger partial charge < -0.3 is 10.2 Å². The number of nitrogens with zero attached hydrogens (tertiary/aromatic N) is 2. The molecule has 0 aliphatic carbocycles. The first kappa shape index (κ1) is 17.4. The molecular weight excluding hydrogens is 364 g/mol. The van der Waals surface area contributed by atoms with Crippen LogP contribution < -0.4 is 10.0 Å². The molecule has 0 bridgehead atoms. The number of sulfonamides is 1. The van der Waals surface area contributed by atoms with Crippen LogP contribution in [0, 0.1) is 5.92 Å². The van der Waals surface area contributed by atoms with Crippen LogP contribution in [0.25, 0.3) is 0 Å². The van der Waals surface area contributed by atoms with Crippen molar-refractivity contribution in [2.45, 2.75) is 11.8 Å². The summed E-state index contributed by atoms with van der Waals surface area (Å²) in [5, 5.41) is 4.69. The van der Waals surface area contributed by atoms with Crippen LogP contribution in [0.15, 0.2) is 40.7 Å². The Morgan fingerprint density at radius 3 is 2.48 bits per heavy atom. The molecule has 0 saturated carbocycles. The molecule has 2 aromatic rings. The van der Waals surface area contributed by atoms with Gasteiger partial charge in [0, 0.05) is 37.3 Å². The molecule has 1 aliphatic heterocycles. The van der Waals surface area contributed by atoms with E-state index in [1.54, 1.807) is 10.3 Å². The number of thiazole rings is 1. The molecule has 1 aromatic carbocycles. The van der Waals surface area contributed by atoms with Gasteiger partial charge in [-0.25, -0.2) is 13.4 Å². The fourth-order valence-corrected chi connectivity index (χ4v) is 4.10. The van der Waals surface area contributed by atoms with Gasteiger partial charge in [-0.2, -0.15) is 0 Å². The average molecular weight is 380 g/mol. The first-order valence-electron chi connectivity index (χ1n) is 7.44. The summed E-state index contributed by atoms with van der Waals surface area (Å²) in [5.41, 5.74) is 0.500. The van der Waals surface area contributed by atoms with E-state index in [1.807, 2.05) is 0 Å². The number of likely N-dealkylation sites (tertiary alicyclic amines) is 1. The summed E-state index contributed by atoms with van der Waals surface area (Å²) >= 11 is 1.18. The Balaban J connectivity index is 1.61. The maximum absolute atomic E-state index is 12.2. The highest BCUT2D eigenvalue weighted by atomic mass is 32.2. The highest BCUT2D eigenvalue weighted by Crippen LogP contribution is 2.21. The summed E-state index contributed by atoms with van der Waals surface area (Å²) in [6.07, 6.45) is 1.51. The number of hydrogen-bond donors (Lipinski definition) is 2. The van der Waals surface area contributed by atoms with Crippen molar-refractivity contribution in [1.82, 2.24) is 9.88 Å². The van der Waals surface area contributed by atoms with Crippen molar-refractivity contribution in [2.24, 2.45) is 5.92 Å². The number of nitrogens with one attached hydrogen (secondary N) is 2. The third-order valence-electron chi connectivity index (χ3n) is 3.78. The molecule has 1 aliphatic rings. The molecule has 25 heavy (non-hydrogen) atoms. The Morgan fingerprint density at radius 1 is 1.24 bits per heavy atom. The molecule has 8 nitrogen and oxygen atoms in total. The van der Waals surface area contributed by atoms with Crippen molar-refractivity contribution in [3.63, 3.8) is 0 Å². The zero-order chi connectivity index (χ0) is 18.0. The molecule has 2 N–H and O–H groups in total. The zero-order valence-electron chi connectivity index (χ0n) is 13.3. The Labute approximate surface area is 148 Å². The number of hydrogen-bond acceptors (Lipinski definition) is 6. The van der Waals surface area contributed by atoms with Crippen LogP contribution in [0.3, 0.4) is 0 Å². The fraction of sp³-hybridized carbons (Fsp3) is 0.267. The molecule has 0 radical (unpaired) electrons. The summed E-state index contributed by atoms with van der Waals surface area (Å²) in [5.74, 6) is -0.473. The van der Waals surface area contributed by atoms with E-state index in [1.165, 1.54) is 48.7 Å². The highest BCUT2D eigenvalue weighted by Gasteiger charge is 2.34. The summed E-state index contributed by atoms with van der Waals surface area (Å²) in [4.78, 5) is 28.7. The predicted molar refractivity (Wildman–Crippen MR) is 93.7 cm³/mol. The van der Waals surface area contributed by atoms with Crippen molar-refractivity contribution in [3.05, 3.63) is 35.8 Å². The SMILES string of the molecule is CC(=O)N1CC(C(=O)Nc2ccc(S(=O)(=O)Nc3nccs3)cc2)C1. The smallest absolute Gasteiger partial charge is 0.263 e. The number of benzene rings is 1. The zero-order valence-corrected chi connectivity index (χ0v) is 14.9. The van der Waals surface area contributed by atoms with Crippen molar-refractivity contribution >= 4 is 44.0 Å². The van der Waals surface area contributed by atoms with Gasteiger partial charge in [0.25, 0.3) is 10.0 Å². The lowest BCUT2D eigenvalue weighted by Crippen LogP contribution is -2.53. The van der Waals surface area contributed by atoms with E-state index >= 15 is 0 Å². The third kappa shape index (κ3) is 3.97. The van der Waals surface area contributed by atoms with Gasteiger partial charge in [-0.05, 0) is 24.3 Å². The fourth-order valence-electron chi connectivity index (χ4n) is 2.31. The molecule has 2 amide bonds. The summed E-state index contributed by atoms with van der Waals surface area (Å²) in [6.45, 7) is 2.28. The lowest BCUT2D eigenvalue weighted by atomic mass is 9.99. The molecule has 1 fully saturated rings. The topological polar surface area (TPSA) is 108 Å². The maximum Gasteiger partial charge on any atom is 0.263 e. The first-order valence-corrected chi connectivity index (χ1v) is 9.80. The summed E-state index contributed by atoms with van der Waals surface area (Å²) in [7, 11) is -3.71. The van der Waals surface area contributed by atoms with Gasteiger partial charge in [-0.3, -0.25) is 14.3 Å². The largest absolute Gasteiger partial charge is 0.341 e. The Hall–Kier alpha value is -2.46. The quantitative estimate of drug-likeness (QED) is 0.814. The molecule has 1 aromatic heterocycles. The molecule has 132 valence electrons. The molecule has 0 atom stereocenters. The number of aromatic nitrogens is 1. The second kappa shape index (κ2) is 6.81. The van der Waals surface area contributed by atoms with Gasteiger partial charge in [0.1, 0.15) is 0 Å². The molecule has 10 heteroatoms. The minimum Gasteiger partial charge on any atom is -0.341 e. The number of carbonyl (C=O) groups is 2. The van der Waals surface area contributed by atoms with Crippen LogP contribution in [0.1, 0.15) is 6.92 Å². The molecule has 1 saturated heterocycles. The van der Waals surface area contributed by atoms with Crippen molar-refractivity contribution in [1.29, 1.82) is 0 Å². The average Bonchev–Trinajstić information content (AvgIpc) is 2.98. The number of amides is 2. The minimum absolute atomic E-state index is 0.0497. The Kier molecular flexibility index (Phi) is 4.73. The lowest BCUT2D eigenvalue weighted by molar-refractivity contribution is -0.139. The van der Waals surface area contributed by atoms with Crippen LogP contribution in [-0.2, 0) is 19.6 Å². The van der Waals surface area contributed by atoms with Crippen molar-refractivity contribution in [3.8, 4) is 0 Å². The summed E-state index contributed by atoms with van der Waals surface area (Å²) in [6, 6.07) is 5.87. The van der Waals surface area contributed by atoms with E-state index in [0.29, 0.717) is 18.8 Å². The van der Waals surface area contributed by atoms with Gasteiger partial charge in [0.15, 0.2) is 5.13 Å². The molecule has 0 spiro atoms. The van der Waals surface area contributed by atoms with Gasteiger partial charge >= 0.3 is 0 Å². The van der Waals surface area contributed by atoms with E-state index in [0.717, 1.165) is 0 Å². The standard InChI is InChI=1S/C15H16N4O4S2/c1-10(20)19-8-11(9-19)14(21)17-12-2-4-13(5-3-12)25(22,23)18-15-16-6-7-24-15/h2-7,11H,8-9H2,1H3,(H,16,18)(H,17,21). The van der Waals surface area contributed by atoms with Gasteiger partial charge in [-0.15, -0.1) is 11.3 Å². The number of rotatable bonds is 5. The monoisotopic (exact) mass is 380 g/mol. The molecular formula is C15H16N4O4S2. The second-order valence-corrected chi connectivity index (χ2v) is 8.15. The van der Waals surface area contributed by atoms with Gasteiger partial charge in [-0.1, -0.05) is 0 Å². The molecule has 2 heterocycles. The Morgan fingerprint density at radius 2 is 1.92 bits per heavy atom. The highest BCUT2D eigenvalue weighted by molar-refractivity contribution is 7.93. The van der Waals surface area contributed by atoms with Crippen LogP contribution in [0.5, 0.6) is 0 Å². The lowest BCUT2D eigenvalue weighted by Gasteiger charge is -2.37. The van der Waals surface area contributed by atoms with E-state index < -0.39 is 10.0 Å². The third-order valence-corrected chi connectivity index (χ3v) is 5.96. The van der Waals surface area contributed by atoms with Crippen LogP contribution in [-0.4, -0.2) is 43.2 Å². The maximum atomic E-state index is 12.2. The Bertz CT molecular complexity index is 873. The molecule has 3 rings (SSSR count). The van der Waals surface area contributed by atoms with Crippen LogP contribution in [0.4, 0.5) is 10.8 Å². The molecule has 0 unspecified atom stereocenters. The first-order chi connectivity index (χ1) is 11.8. The van der Waals surface area contributed by atoms with Gasteiger partial charge in [0.05, 0.1) is 10.8 Å². The van der Waals surface area contributed by atoms with E-state index in [9.17, 15) is 18.0 Å². The normalized spacial score (nSPS) is 14.7. The van der Waals surface area contributed by atoms with E-state index in [2.05, 4.69) is 15.0 Å².